The SMILES string of the molecule is CC(C)(C)OC(=O)N1CCc2c(nc(NCCO[Si](C)(C)C(C)(C)C)nc2Oc2ccccc2C(F)(F)F)C1. The van der Waals surface area contributed by atoms with E-state index in [4.69, 9.17) is 13.9 Å². The number of nitrogens with one attached hydrogen (secondary N) is 1. The van der Waals surface area contributed by atoms with E-state index >= 15 is 0 Å². The van der Waals surface area contributed by atoms with Gasteiger partial charge in [0.15, 0.2) is 8.32 Å². The Hall–Kier alpha value is -2.86. The zero-order valence-electron chi connectivity index (χ0n) is 24.0. The average Bonchev–Trinajstić information content (AvgIpc) is 2.79. The average molecular weight is 569 g/mol. The Kier molecular flexibility index (Phi) is 8.91. The molecule has 2 heterocycles. The summed E-state index contributed by atoms with van der Waals surface area (Å²) in [6, 6.07) is 5.00. The van der Waals surface area contributed by atoms with E-state index in [1.54, 1.807) is 20.8 Å². The second kappa shape index (κ2) is 11.3. The molecule has 0 spiro atoms. The van der Waals surface area contributed by atoms with Crippen LogP contribution in [-0.4, -0.2) is 54.6 Å². The van der Waals surface area contributed by atoms with Gasteiger partial charge in [0.1, 0.15) is 11.4 Å². The van der Waals surface area contributed by atoms with Gasteiger partial charge in [-0.15, -0.1) is 0 Å². The number of nitrogens with zero attached hydrogens (tertiary/aromatic N) is 3. The topological polar surface area (TPSA) is 85.8 Å². The van der Waals surface area contributed by atoms with Crippen molar-refractivity contribution >= 4 is 20.4 Å². The number of fused-ring (bicyclic) bond motifs is 1. The molecule has 12 heteroatoms. The van der Waals surface area contributed by atoms with Crippen LogP contribution in [0.4, 0.5) is 23.9 Å². The second-order valence-electron chi connectivity index (χ2n) is 12.1. The predicted octanol–water partition coefficient (Wildman–Crippen LogP) is 7.01. The second-order valence-corrected chi connectivity index (χ2v) is 16.9. The smallest absolute Gasteiger partial charge is 0.419 e. The summed E-state index contributed by atoms with van der Waals surface area (Å²) in [5.41, 5.74) is -0.541. The molecule has 1 N–H and O–H groups in total. The maximum atomic E-state index is 13.6. The summed E-state index contributed by atoms with van der Waals surface area (Å²) < 4.78 is 58.4. The van der Waals surface area contributed by atoms with Gasteiger partial charge in [-0.2, -0.15) is 18.2 Å². The van der Waals surface area contributed by atoms with Gasteiger partial charge in [0, 0.05) is 18.7 Å². The summed E-state index contributed by atoms with van der Waals surface area (Å²) in [5.74, 6) is -0.154. The van der Waals surface area contributed by atoms with Crippen LogP contribution >= 0.6 is 0 Å². The van der Waals surface area contributed by atoms with Gasteiger partial charge in [0.2, 0.25) is 11.8 Å². The largest absolute Gasteiger partial charge is 0.444 e. The van der Waals surface area contributed by atoms with Crippen molar-refractivity contribution in [3.63, 3.8) is 0 Å². The Morgan fingerprint density at radius 2 is 1.74 bits per heavy atom. The fourth-order valence-corrected chi connectivity index (χ4v) is 4.67. The van der Waals surface area contributed by atoms with E-state index in [1.165, 1.54) is 23.1 Å². The van der Waals surface area contributed by atoms with Crippen molar-refractivity contribution in [1.29, 1.82) is 0 Å². The minimum Gasteiger partial charge on any atom is -0.444 e. The first-order chi connectivity index (χ1) is 17.9. The predicted molar refractivity (Wildman–Crippen MR) is 146 cm³/mol. The Morgan fingerprint density at radius 3 is 2.36 bits per heavy atom. The zero-order valence-corrected chi connectivity index (χ0v) is 25.0. The van der Waals surface area contributed by atoms with Crippen LogP contribution in [0.15, 0.2) is 24.3 Å². The Balaban J connectivity index is 1.89. The van der Waals surface area contributed by atoms with Gasteiger partial charge in [0.05, 0.1) is 24.4 Å². The number of hydrogen-bond acceptors (Lipinski definition) is 7. The maximum absolute atomic E-state index is 13.6. The van der Waals surface area contributed by atoms with Gasteiger partial charge in [-0.05, 0) is 57.5 Å². The number of benzene rings is 1. The molecule has 1 amide bonds. The van der Waals surface area contributed by atoms with E-state index in [0.29, 0.717) is 30.8 Å². The molecule has 2 aromatic rings. The van der Waals surface area contributed by atoms with Crippen LogP contribution in [0.1, 0.15) is 58.4 Å². The third kappa shape index (κ3) is 8.07. The lowest BCUT2D eigenvalue weighted by molar-refractivity contribution is -0.138. The van der Waals surface area contributed by atoms with E-state index in [1.807, 2.05) is 0 Å². The van der Waals surface area contributed by atoms with Crippen molar-refractivity contribution in [1.82, 2.24) is 14.9 Å². The molecule has 0 fully saturated rings. The normalized spacial score (nSPS) is 14.6. The molecule has 0 saturated carbocycles. The highest BCUT2D eigenvalue weighted by Crippen LogP contribution is 2.39. The molecule has 0 saturated heterocycles. The molecule has 8 nitrogen and oxygen atoms in total. The van der Waals surface area contributed by atoms with E-state index in [9.17, 15) is 18.0 Å². The summed E-state index contributed by atoms with van der Waals surface area (Å²) in [5, 5.41) is 3.16. The number of carbonyl (C=O) groups excluding carboxylic acids is 1. The fraction of sp³-hybridized carbons (Fsp3) is 0.593. The van der Waals surface area contributed by atoms with Gasteiger partial charge in [-0.1, -0.05) is 32.9 Å². The van der Waals surface area contributed by atoms with Crippen LogP contribution in [0.5, 0.6) is 11.6 Å². The Labute approximate surface area is 229 Å². The standard InChI is InChI=1S/C27H39F3N4O4Si/c1-25(2,3)38-24(35)34-15-13-18-20(17-34)32-23(31-14-16-36-39(7,8)26(4,5)6)33-22(18)37-21-12-10-9-11-19(21)27(28,29)30/h9-12H,13-17H2,1-8H3,(H,31,32,33). The summed E-state index contributed by atoms with van der Waals surface area (Å²) in [4.78, 5) is 23.2. The molecule has 1 aromatic heterocycles. The lowest BCUT2D eigenvalue weighted by atomic mass is 10.1. The Morgan fingerprint density at radius 1 is 1.08 bits per heavy atom. The number of para-hydroxylation sites is 1. The Bertz CT molecular complexity index is 1180. The molecule has 1 aliphatic rings. The van der Waals surface area contributed by atoms with Crippen molar-refractivity contribution in [3.8, 4) is 11.6 Å². The third-order valence-corrected chi connectivity index (χ3v) is 11.3. The number of alkyl halides is 3. The maximum Gasteiger partial charge on any atom is 0.419 e. The molecule has 1 aliphatic heterocycles. The minimum absolute atomic E-state index is 0.0216. The van der Waals surface area contributed by atoms with Crippen LogP contribution in [0.2, 0.25) is 18.1 Å². The lowest BCUT2D eigenvalue weighted by Gasteiger charge is -2.36. The quantitative estimate of drug-likeness (QED) is 0.284. The third-order valence-electron chi connectivity index (χ3n) is 6.73. The first-order valence-corrected chi connectivity index (χ1v) is 15.9. The molecule has 0 atom stereocenters. The van der Waals surface area contributed by atoms with Crippen molar-refractivity contribution in [2.45, 2.75) is 84.4 Å². The highest BCUT2D eigenvalue weighted by Gasteiger charge is 2.37. The highest BCUT2D eigenvalue weighted by atomic mass is 28.4. The first-order valence-electron chi connectivity index (χ1n) is 13.0. The molecule has 1 aromatic carbocycles. The van der Waals surface area contributed by atoms with Crippen molar-refractivity contribution in [2.24, 2.45) is 0 Å². The molecule has 39 heavy (non-hydrogen) atoms. The summed E-state index contributed by atoms with van der Waals surface area (Å²) >= 11 is 0. The molecule has 0 unspecified atom stereocenters. The number of halogens is 3. The number of ether oxygens (including phenoxy) is 2. The van der Waals surface area contributed by atoms with Crippen LogP contribution in [0, 0.1) is 0 Å². The van der Waals surface area contributed by atoms with Crippen molar-refractivity contribution in [2.75, 3.05) is 25.0 Å². The van der Waals surface area contributed by atoms with Crippen molar-refractivity contribution in [3.05, 3.63) is 41.1 Å². The van der Waals surface area contributed by atoms with Crippen molar-refractivity contribution < 1.29 is 31.9 Å². The van der Waals surface area contributed by atoms with E-state index < -0.39 is 31.8 Å². The molecule has 0 radical (unpaired) electrons. The number of rotatable bonds is 7. The molecule has 0 bridgehead atoms. The van der Waals surface area contributed by atoms with Crippen LogP contribution in [-0.2, 0) is 28.3 Å². The molecule has 216 valence electrons. The lowest BCUT2D eigenvalue weighted by Crippen LogP contribution is -2.42. The number of hydrogen-bond donors (Lipinski definition) is 1. The fourth-order valence-electron chi connectivity index (χ4n) is 3.62. The van der Waals surface area contributed by atoms with Crippen LogP contribution < -0.4 is 10.1 Å². The van der Waals surface area contributed by atoms with E-state index in [0.717, 1.165) is 6.07 Å². The summed E-state index contributed by atoms with van der Waals surface area (Å²) in [7, 11) is -1.96. The number of anilines is 1. The monoisotopic (exact) mass is 568 g/mol. The zero-order chi connectivity index (χ0) is 29.2. The first kappa shape index (κ1) is 30.7. The molecular weight excluding hydrogens is 529 g/mol. The van der Waals surface area contributed by atoms with Gasteiger partial charge in [-0.3, -0.25) is 0 Å². The van der Waals surface area contributed by atoms with Gasteiger partial charge < -0.3 is 24.1 Å². The van der Waals surface area contributed by atoms with Gasteiger partial charge >= 0.3 is 12.3 Å². The molecule has 0 aliphatic carbocycles. The summed E-state index contributed by atoms with van der Waals surface area (Å²) in [6.07, 6.45) is -4.79. The molecule has 3 rings (SSSR count). The van der Waals surface area contributed by atoms with E-state index in [2.05, 4.69) is 49.1 Å². The van der Waals surface area contributed by atoms with Gasteiger partial charge in [-0.25, -0.2) is 9.78 Å². The van der Waals surface area contributed by atoms with E-state index in [-0.39, 0.29) is 35.7 Å². The van der Waals surface area contributed by atoms with Crippen LogP contribution in [0.3, 0.4) is 0 Å². The van der Waals surface area contributed by atoms with Gasteiger partial charge in [0.25, 0.3) is 0 Å². The van der Waals surface area contributed by atoms with Crippen LogP contribution in [0.25, 0.3) is 0 Å². The minimum atomic E-state index is -4.60. The highest BCUT2D eigenvalue weighted by molar-refractivity contribution is 6.74. The molecular formula is C27H39F3N4O4Si. The summed E-state index contributed by atoms with van der Waals surface area (Å²) in [6.45, 7) is 17.3. The number of carbonyl (C=O) groups is 1. The number of amides is 1. The number of aromatic nitrogens is 2.